The molecule has 7 nitrogen and oxygen atoms in total. The lowest BCUT2D eigenvalue weighted by Crippen LogP contribution is -2.59. The maximum Gasteiger partial charge on any atom is 0.315 e. The Kier molecular flexibility index (Phi) is 7.57. The number of aliphatic hydroxyl groups is 1. The number of urea groups is 1. The second-order valence-electron chi connectivity index (χ2n) is 9.71. The summed E-state index contributed by atoms with van der Waals surface area (Å²) in [4.78, 5) is 29.2. The van der Waals surface area contributed by atoms with Crippen molar-refractivity contribution in [1.29, 1.82) is 0 Å². The predicted octanol–water partition coefficient (Wildman–Crippen LogP) is 2.84. The lowest BCUT2D eigenvalue weighted by Gasteiger charge is -2.56. The van der Waals surface area contributed by atoms with E-state index in [0.717, 1.165) is 31.4 Å². The van der Waals surface area contributed by atoms with Gasteiger partial charge < -0.3 is 21.1 Å². The molecule has 0 saturated heterocycles. The number of carbonyl (C=O) groups excluding carboxylic acids is 2. The van der Waals surface area contributed by atoms with Gasteiger partial charge in [0.25, 0.3) is 0 Å². The van der Waals surface area contributed by atoms with Crippen molar-refractivity contribution in [2.45, 2.75) is 72.1 Å². The van der Waals surface area contributed by atoms with Gasteiger partial charge in [-0.1, -0.05) is 26.8 Å². The topological polar surface area (TPSA) is 103 Å². The Morgan fingerprint density at radius 2 is 2.00 bits per heavy atom. The van der Waals surface area contributed by atoms with Crippen molar-refractivity contribution in [3.8, 4) is 0 Å². The van der Waals surface area contributed by atoms with E-state index >= 15 is 0 Å². The minimum Gasteiger partial charge on any atom is -0.392 e. The summed E-state index contributed by atoms with van der Waals surface area (Å²) in [6.07, 6.45) is 4.88. The molecule has 4 N–H and O–H groups in total. The number of hydrogen-bond donors (Lipinski definition) is 4. The Morgan fingerprint density at radius 1 is 1.26 bits per heavy atom. The molecule has 2 aliphatic rings. The van der Waals surface area contributed by atoms with Gasteiger partial charge in [-0.3, -0.25) is 9.78 Å². The van der Waals surface area contributed by atoms with Crippen LogP contribution >= 0.6 is 0 Å². The fraction of sp³-hybridized carbons (Fsp3) is 0.708. The van der Waals surface area contributed by atoms with Gasteiger partial charge in [0.15, 0.2) is 0 Å². The largest absolute Gasteiger partial charge is 0.392 e. The Morgan fingerprint density at radius 3 is 2.68 bits per heavy atom. The van der Waals surface area contributed by atoms with E-state index in [2.05, 4.69) is 34.8 Å². The van der Waals surface area contributed by atoms with Crippen LogP contribution in [0.2, 0.25) is 0 Å². The van der Waals surface area contributed by atoms with Gasteiger partial charge >= 0.3 is 6.03 Å². The highest BCUT2D eigenvalue weighted by Gasteiger charge is 2.53. The summed E-state index contributed by atoms with van der Waals surface area (Å²) < 4.78 is 0. The van der Waals surface area contributed by atoms with Gasteiger partial charge in [0, 0.05) is 24.7 Å². The first kappa shape index (κ1) is 23.5. The molecular weight excluding hydrogens is 392 g/mol. The lowest BCUT2D eigenvalue weighted by molar-refractivity contribution is -0.142. The van der Waals surface area contributed by atoms with E-state index in [9.17, 15) is 14.7 Å². The first-order valence-electron chi connectivity index (χ1n) is 11.7. The number of hydrogen-bond acceptors (Lipinski definition) is 4. The van der Waals surface area contributed by atoms with E-state index in [1.165, 1.54) is 0 Å². The number of nitrogens with zero attached hydrogens (tertiary/aromatic N) is 1. The summed E-state index contributed by atoms with van der Waals surface area (Å²) in [5, 5.41) is 20.3. The second-order valence-corrected chi connectivity index (χ2v) is 9.71. The molecule has 0 aromatic carbocycles. The zero-order chi connectivity index (χ0) is 22.6. The van der Waals surface area contributed by atoms with E-state index in [4.69, 9.17) is 0 Å². The average molecular weight is 431 g/mol. The molecule has 2 fully saturated rings. The van der Waals surface area contributed by atoms with Crippen LogP contribution in [0.15, 0.2) is 24.4 Å². The molecule has 7 heteroatoms. The van der Waals surface area contributed by atoms with Crippen LogP contribution in [0.25, 0.3) is 0 Å². The molecule has 1 heterocycles. The van der Waals surface area contributed by atoms with E-state index in [-0.39, 0.29) is 47.1 Å². The van der Waals surface area contributed by atoms with Crippen LogP contribution in [0, 0.1) is 29.1 Å². The maximum absolute atomic E-state index is 12.8. The molecule has 31 heavy (non-hydrogen) atoms. The minimum absolute atomic E-state index is 0.0336. The van der Waals surface area contributed by atoms with Crippen molar-refractivity contribution in [1.82, 2.24) is 20.9 Å². The molecule has 0 aliphatic heterocycles. The molecule has 1 aromatic heterocycles. The zero-order valence-corrected chi connectivity index (χ0v) is 19.2. The van der Waals surface area contributed by atoms with Crippen LogP contribution in [-0.4, -0.2) is 40.7 Å². The van der Waals surface area contributed by atoms with Crippen molar-refractivity contribution in [2.75, 3.05) is 6.54 Å². The predicted molar refractivity (Wildman–Crippen MR) is 120 cm³/mol. The normalized spacial score (nSPS) is 33.6. The molecule has 3 amide bonds. The molecule has 172 valence electrons. The number of pyridine rings is 1. The Hall–Kier alpha value is -2.15. The van der Waals surface area contributed by atoms with Gasteiger partial charge in [-0.25, -0.2) is 4.79 Å². The van der Waals surface area contributed by atoms with Crippen LogP contribution in [0.4, 0.5) is 4.79 Å². The van der Waals surface area contributed by atoms with E-state index < -0.39 is 6.10 Å². The fourth-order valence-corrected chi connectivity index (χ4v) is 5.91. The molecule has 0 bridgehead atoms. The van der Waals surface area contributed by atoms with Gasteiger partial charge in [0.1, 0.15) is 0 Å². The summed E-state index contributed by atoms with van der Waals surface area (Å²) in [5.41, 5.74) is 0.860. The molecule has 0 spiro atoms. The van der Waals surface area contributed by atoms with Crippen LogP contribution in [-0.2, 0) is 11.3 Å². The molecule has 0 unspecified atom stereocenters. The Bertz CT molecular complexity index is 758. The van der Waals surface area contributed by atoms with Crippen molar-refractivity contribution in [3.63, 3.8) is 0 Å². The molecular formula is C24H38N4O3. The van der Waals surface area contributed by atoms with Crippen molar-refractivity contribution >= 4 is 11.9 Å². The quantitative estimate of drug-likeness (QED) is 0.557. The van der Waals surface area contributed by atoms with E-state index in [1.54, 1.807) is 6.20 Å². The van der Waals surface area contributed by atoms with Crippen LogP contribution in [0.5, 0.6) is 0 Å². The number of nitrogens with one attached hydrogen (secondary N) is 3. The number of carbonyl (C=O) groups is 2. The summed E-state index contributed by atoms with van der Waals surface area (Å²) in [7, 11) is 0. The number of fused-ring (bicyclic) bond motifs is 1. The summed E-state index contributed by atoms with van der Waals surface area (Å²) in [5.74, 6) is -0.223. The van der Waals surface area contributed by atoms with Gasteiger partial charge in [-0.05, 0) is 67.9 Å². The highest BCUT2D eigenvalue weighted by Crippen LogP contribution is 2.55. The number of aliphatic hydroxyl groups excluding tert-OH is 1. The number of amides is 3. The zero-order valence-electron chi connectivity index (χ0n) is 19.2. The lowest BCUT2D eigenvalue weighted by atomic mass is 9.52. The molecule has 3 rings (SSSR count). The highest BCUT2D eigenvalue weighted by molar-refractivity contribution is 5.78. The second kappa shape index (κ2) is 9.98. The third-order valence-corrected chi connectivity index (χ3v) is 7.77. The van der Waals surface area contributed by atoms with Crippen LogP contribution < -0.4 is 16.0 Å². The summed E-state index contributed by atoms with van der Waals surface area (Å²) in [6, 6.07) is 5.53. The first-order valence-corrected chi connectivity index (χ1v) is 11.7. The third-order valence-electron chi connectivity index (χ3n) is 7.77. The Labute approximate surface area is 185 Å². The smallest absolute Gasteiger partial charge is 0.315 e. The SMILES string of the molecule is CCNC(=O)N[C@H]1CC[C@]2(C)CC[C@H]([C@H](C)C(=O)NCc3ccccn3)[C@H](O)[C@H]2[C@@H]1C. The van der Waals surface area contributed by atoms with Crippen molar-refractivity contribution in [3.05, 3.63) is 30.1 Å². The van der Waals surface area contributed by atoms with Gasteiger partial charge in [0.2, 0.25) is 5.91 Å². The Balaban J connectivity index is 1.66. The standard InChI is InChI=1S/C24H38N4O3/c1-5-25-23(31)28-19-10-12-24(4)11-9-18(21(29)20(24)16(19)3)15(2)22(30)27-14-17-8-6-7-13-26-17/h6-8,13,15-16,18-21,29H,5,9-12,14H2,1-4H3,(H,27,30)(H2,25,28,31)/t15-,16+,18+,19-,20+,21-,24-/m0/s1. The maximum atomic E-state index is 12.8. The molecule has 0 radical (unpaired) electrons. The van der Waals surface area contributed by atoms with Crippen molar-refractivity contribution in [2.24, 2.45) is 29.1 Å². The van der Waals surface area contributed by atoms with E-state index in [0.29, 0.717) is 13.1 Å². The van der Waals surface area contributed by atoms with Gasteiger partial charge in [0.05, 0.1) is 18.3 Å². The number of rotatable bonds is 6. The monoisotopic (exact) mass is 430 g/mol. The van der Waals surface area contributed by atoms with Crippen molar-refractivity contribution < 1.29 is 14.7 Å². The highest BCUT2D eigenvalue weighted by atomic mass is 16.3. The molecule has 1 aromatic rings. The first-order chi connectivity index (χ1) is 14.8. The minimum atomic E-state index is -0.566. The fourth-order valence-electron chi connectivity index (χ4n) is 5.91. The molecule has 7 atom stereocenters. The summed E-state index contributed by atoms with van der Waals surface area (Å²) >= 11 is 0. The molecule has 2 aliphatic carbocycles. The van der Waals surface area contributed by atoms with Gasteiger partial charge in [-0.15, -0.1) is 0 Å². The van der Waals surface area contributed by atoms with E-state index in [1.807, 2.05) is 32.0 Å². The third kappa shape index (κ3) is 5.20. The average Bonchev–Trinajstić information content (AvgIpc) is 2.75. The van der Waals surface area contributed by atoms with Crippen LogP contribution in [0.3, 0.4) is 0 Å². The number of aromatic nitrogens is 1. The van der Waals surface area contributed by atoms with Crippen LogP contribution in [0.1, 0.15) is 59.1 Å². The summed E-state index contributed by atoms with van der Waals surface area (Å²) in [6.45, 7) is 9.20. The molecule has 2 saturated carbocycles. The van der Waals surface area contributed by atoms with Gasteiger partial charge in [-0.2, -0.15) is 0 Å².